The number of aromatic nitrogens is 5. The maximum atomic E-state index is 5.94. The van der Waals surface area contributed by atoms with Crippen molar-refractivity contribution in [2.45, 2.75) is 10.9 Å². The van der Waals surface area contributed by atoms with E-state index in [-0.39, 0.29) is 0 Å². The van der Waals surface area contributed by atoms with Crippen LogP contribution in [0, 0.1) is 0 Å². The smallest absolute Gasteiger partial charge is 0.209 e. The molecule has 2 aromatic heterocycles. The fourth-order valence-corrected chi connectivity index (χ4v) is 2.97. The average molecular weight is 310 g/mol. The molecule has 0 aliphatic carbocycles. The molecular weight excluding hydrogens is 302 g/mol. The van der Waals surface area contributed by atoms with Crippen LogP contribution in [0.25, 0.3) is 5.69 Å². The van der Waals surface area contributed by atoms with Crippen molar-refractivity contribution in [3.63, 3.8) is 0 Å². The maximum Gasteiger partial charge on any atom is 0.209 e. The van der Waals surface area contributed by atoms with E-state index in [2.05, 4.69) is 19.7 Å². The summed E-state index contributed by atoms with van der Waals surface area (Å²) in [6.07, 6.45) is 1.69. The normalized spacial score (nSPS) is 10.8. The number of hydrogen-bond donors (Lipinski definition) is 0. The minimum Gasteiger partial charge on any atom is -0.220 e. The van der Waals surface area contributed by atoms with Crippen molar-refractivity contribution in [2.75, 3.05) is 0 Å². The summed E-state index contributed by atoms with van der Waals surface area (Å²) in [4.78, 5) is 4.25. The first-order chi connectivity index (χ1) is 9.33. The van der Waals surface area contributed by atoms with E-state index >= 15 is 0 Å². The standard InChI is InChI=1S/C11H8ClN5S2/c12-10-9(14-16-19-10)6-18-11-13-7-17(15-11)8-4-2-1-3-5-8/h1-5,7H,6H2. The summed E-state index contributed by atoms with van der Waals surface area (Å²) in [7, 11) is 0. The number of benzene rings is 1. The molecule has 3 rings (SSSR count). The minimum atomic E-state index is 0.619. The zero-order chi connectivity index (χ0) is 13.1. The summed E-state index contributed by atoms with van der Waals surface area (Å²) >= 11 is 8.61. The van der Waals surface area contributed by atoms with Crippen molar-refractivity contribution in [3.05, 3.63) is 46.7 Å². The highest BCUT2D eigenvalue weighted by Gasteiger charge is 2.08. The maximum absolute atomic E-state index is 5.94. The van der Waals surface area contributed by atoms with Crippen LogP contribution in [0.2, 0.25) is 4.34 Å². The number of thioether (sulfide) groups is 1. The molecule has 0 atom stereocenters. The second kappa shape index (κ2) is 5.68. The van der Waals surface area contributed by atoms with Crippen LogP contribution in [-0.4, -0.2) is 24.4 Å². The number of nitrogens with zero attached hydrogens (tertiary/aromatic N) is 5. The highest BCUT2D eigenvalue weighted by Crippen LogP contribution is 2.25. The van der Waals surface area contributed by atoms with Gasteiger partial charge in [0, 0.05) is 17.3 Å². The molecule has 0 spiro atoms. The zero-order valence-corrected chi connectivity index (χ0v) is 12.0. The van der Waals surface area contributed by atoms with Gasteiger partial charge < -0.3 is 0 Å². The van der Waals surface area contributed by atoms with E-state index in [1.165, 1.54) is 23.3 Å². The number of halogens is 1. The van der Waals surface area contributed by atoms with Crippen LogP contribution >= 0.6 is 34.9 Å². The molecule has 19 heavy (non-hydrogen) atoms. The van der Waals surface area contributed by atoms with Gasteiger partial charge in [-0.05, 0) is 12.1 Å². The molecule has 0 fully saturated rings. The van der Waals surface area contributed by atoms with Crippen molar-refractivity contribution in [3.8, 4) is 5.69 Å². The molecule has 0 amide bonds. The lowest BCUT2D eigenvalue weighted by Gasteiger charge is -1.97. The van der Waals surface area contributed by atoms with Crippen LogP contribution in [0.15, 0.2) is 41.8 Å². The minimum absolute atomic E-state index is 0.619. The monoisotopic (exact) mass is 309 g/mol. The summed E-state index contributed by atoms with van der Waals surface area (Å²) in [6.45, 7) is 0. The Hall–Kier alpha value is -1.44. The molecule has 0 saturated heterocycles. The molecule has 0 aliphatic rings. The summed E-state index contributed by atoms with van der Waals surface area (Å²) in [5.74, 6) is 0.619. The predicted octanol–water partition coefficient (Wildman–Crippen LogP) is 3.06. The van der Waals surface area contributed by atoms with Crippen LogP contribution in [0.1, 0.15) is 5.69 Å². The van der Waals surface area contributed by atoms with Crippen molar-refractivity contribution < 1.29 is 0 Å². The molecular formula is C11H8ClN5S2. The van der Waals surface area contributed by atoms with Crippen molar-refractivity contribution in [1.29, 1.82) is 0 Å². The van der Waals surface area contributed by atoms with Gasteiger partial charge in [-0.25, -0.2) is 9.67 Å². The molecule has 0 saturated carbocycles. The van der Waals surface area contributed by atoms with Crippen molar-refractivity contribution in [2.24, 2.45) is 0 Å². The van der Waals surface area contributed by atoms with E-state index in [1.54, 1.807) is 11.0 Å². The van der Waals surface area contributed by atoms with Gasteiger partial charge in [0.2, 0.25) is 5.16 Å². The van der Waals surface area contributed by atoms with Crippen LogP contribution in [0.5, 0.6) is 0 Å². The van der Waals surface area contributed by atoms with Gasteiger partial charge in [-0.1, -0.05) is 46.1 Å². The molecule has 3 aromatic rings. The quantitative estimate of drug-likeness (QED) is 0.693. The predicted molar refractivity (Wildman–Crippen MR) is 75.8 cm³/mol. The van der Waals surface area contributed by atoms with E-state index in [1.807, 2.05) is 30.3 Å². The lowest BCUT2D eigenvalue weighted by atomic mass is 10.3. The molecule has 2 heterocycles. The highest BCUT2D eigenvalue weighted by atomic mass is 35.5. The van der Waals surface area contributed by atoms with Gasteiger partial charge in [-0.15, -0.1) is 10.2 Å². The van der Waals surface area contributed by atoms with Crippen LogP contribution in [-0.2, 0) is 5.75 Å². The lowest BCUT2D eigenvalue weighted by molar-refractivity contribution is 0.834. The first-order valence-electron chi connectivity index (χ1n) is 5.39. The van der Waals surface area contributed by atoms with E-state index in [0.29, 0.717) is 15.2 Å². The molecule has 96 valence electrons. The Morgan fingerprint density at radius 2 is 2.11 bits per heavy atom. The van der Waals surface area contributed by atoms with Crippen molar-refractivity contribution >= 4 is 34.9 Å². The van der Waals surface area contributed by atoms with Gasteiger partial charge >= 0.3 is 0 Å². The fraction of sp³-hybridized carbons (Fsp3) is 0.0909. The molecule has 0 unspecified atom stereocenters. The third-order valence-electron chi connectivity index (χ3n) is 2.34. The van der Waals surface area contributed by atoms with Crippen molar-refractivity contribution in [1.82, 2.24) is 24.4 Å². The Morgan fingerprint density at radius 1 is 1.26 bits per heavy atom. The average Bonchev–Trinajstić information content (AvgIpc) is 3.06. The first-order valence-corrected chi connectivity index (χ1v) is 7.53. The van der Waals surface area contributed by atoms with Gasteiger partial charge in [0.15, 0.2) is 0 Å². The van der Waals surface area contributed by atoms with E-state index < -0.39 is 0 Å². The topological polar surface area (TPSA) is 56.5 Å². The number of hydrogen-bond acceptors (Lipinski definition) is 6. The van der Waals surface area contributed by atoms with Gasteiger partial charge in [-0.3, -0.25) is 0 Å². The van der Waals surface area contributed by atoms with E-state index in [0.717, 1.165) is 11.4 Å². The molecule has 0 N–H and O–H groups in total. The second-order valence-corrected chi connectivity index (χ2v) is 5.89. The third kappa shape index (κ3) is 2.94. The molecule has 0 aliphatic heterocycles. The van der Waals surface area contributed by atoms with Crippen LogP contribution in [0.4, 0.5) is 0 Å². The fourth-order valence-electron chi connectivity index (χ4n) is 1.44. The molecule has 8 heteroatoms. The Bertz CT molecular complexity index is 667. The Kier molecular flexibility index (Phi) is 3.77. The Labute approximate surface area is 122 Å². The van der Waals surface area contributed by atoms with Gasteiger partial charge in [0.1, 0.15) is 16.4 Å². The molecule has 0 radical (unpaired) electrons. The Balaban J connectivity index is 1.70. The second-order valence-electron chi connectivity index (χ2n) is 3.59. The summed E-state index contributed by atoms with van der Waals surface area (Å²) in [5.41, 5.74) is 1.75. The van der Waals surface area contributed by atoms with Gasteiger partial charge in [0.25, 0.3) is 0 Å². The molecule has 0 bridgehead atoms. The zero-order valence-electron chi connectivity index (χ0n) is 9.60. The summed E-state index contributed by atoms with van der Waals surface area (Å²) in [5, 5.41) is 9.03. The van der Waals surface area contributed by atoms with Gasteiger partial charge in [0.05, 0.1) is 5.69 Å². The van der Waals surface area contributed by atoms with E-state index in [4.69, 9.17) is 11.6 Å². The largest absolute Gasteiger partial charge is 0.220 e. The first kappa shape index (κ1) is 12.6. The molecule has 1 aromatic carbocycles. The summed E-state index contributed by atoms with van der Waals surface area (Å²) in [6, 6.07) is 9.84. The number of para-hydroxylation sites is 1. The lowest BCUT2D eigenvalue weighted by Crippen LogP contribution is -1.93. The molecule has 5 nitrogen and oxygen atoms in total. The third-order valence-corrected chi connectivity index (χ3v) is 4.19. The van der Waals surface area contributed by atoms with Gasteiger partial charge in [-0.2, -0.15) is 0 Å². The van der Waals surface area contributed by atoms with E-state index in [9.17, 15) is 0 Å². The highest BCUT2D eigenvalue weighted by molar-refractivity contribution is 7.98. The SMILES string of the molecule is Clc1snnc1CSc1ncn(-c2ccccc2)n1. The number of rotatable bonds is 4. The van der Waals surface area contributed by atoms with Crippen LogP contribution in [0.3, 0.4) is 0 Å². The Morgan fingerprint density at radius 3 is 2.84 bits per heavy atom. The summed E-state index contributed by atoms with van der Waals surface area (Å²) < 4.78 is 6.15. The van der Waals surface area contributed by atoms with Crippen LogP contribution < -0.4 is 0 Å².